The fourth-order valence-electron chi connectivity index (χ4n) is 2.72. The molecule has 2 fully saturated rings. The number of carbonyl (C=O) groups excluding carboxylic acids is 1. The second-order valence-corrected chi connectivity index (χ2v) is 4.32. The normalized spacial score (nSPS) is 39.5. The summed E-state index contributed by atoms with van der Waals surface area (Å²) in [6.45, 7) is 0.878. The van der Waals surface area contributed by atoms with E-state index >= 15 is 0 Å². The molecule has 0 aromatic rings. The van der Waals surface area contributed by atoms with Gasteiger partial charge in [0.05, 0.1) is 5.97 Å². The van der Waals surface area contributed by atoms with Crippen molar-refractivity contribution in [3.05, 3.63) is 0 Å². The van der Waals surface area contributed by atoms with Gasteiger partial charge in [-0.15, -0.1) is 0 Å². The lowest BCUT2D eigenvalue weighted by Gasteiger charge is -2.40. The Kier molecular flexibility index (Phi) is 2.54. The van der Waals surface area contributed by atoms with Gasteiger partial charge in [0, 0.05) is 6.04 Å². The molecule has 0 bridgehead atoms. The molecule has 2 rings (SSSR count). The fraction of sp³-hybridized carbons (Fsp3) is 0.900. The topological polar surface area (TPSA) is 52.2 Å². The van der Waals surface area contributed by atoms with Gasteiger partial charge >= 0.3 is 0 Å². The number of hydrogen-bond acceptors (Lipinski definition) is 3. The van der Waals surface area contributed by atoms with E-state index in [-0.39, 0.29) is 6.04 Å². The lowest BCUT2D eigenvalue weighted by Crippen LogP contribution is -2.53. The molecule has 0 radical (unpaired) electrons. The van der Waals surface area contributed by atoms with E-state index in [1.807, 2.05) is 0 Å². The van der Waals surface area contributed by atoms with E-state index in [1.165, 1.54) is 25.7 Å². The summed E-state index contributed by atoms with van der Waals surface area (Å²) in [4.78, 5) is 10.7. The van der Waals surface area contributed by atoms with Gasteiger partial charge in [-0.05, 0) is 31.2 Å². The maximum absolute atomic E-state index is 10.7. The van der Waals surface area contributed by atoms with Crippen LogP contribution >= 0.6 is 0 Å². The van der Waals surface area contributed by atoms with E-state index < -0.39 is 5.97 Å². The van der Waals surface area contributed by atoms with Gasteiger partial charge in [0.1, 0.15) is 0 Å². The Morgan fingerprint density at radius 2 is 1.92 bits per heavy atom. The fourth-order valence-corrected chi connectivity index (χ4v) is 2.72. The number of fused-ring (bicyclic) bond motifs is 1. The molecule has 1 aliphatic carbocycles. The summed E-state index contributed by atoms with van der Waals surface area (Å²) in [6.07, 6.45) is 5.88. The maximum Gasteiger partial charge on any atom is 0.0584 e. The lowest BCUT2D eigenvalue weighted by atomic mass is 9.74. The monoisotopic (exact) mass is 182 g/mol. The van der Waals surface area contributed by atoms with Crippen LogP contribution in [-0.4, -0.2) is 18.6 Å². The zero-order valence-electron chi connectivity index (χ0n) is 7.79. The van der Waals surface area contributed by atoms with E-state index in [0.717, 1.165) is 18.9 Å². The number of hydrogen-bond donors (Lipinski definition) is 1. The van der Waals surface area contributed by atoms with Crippen LogP contribution in [0.25, 0.3) is 0 Å². The lowest BCUT2D eigenvalue weighted by molar-refractivity contribution is -0.309. The van der Waals surface area contributed by atoms with Crippen LogP contribution < -0.4 is 10.4 Å². The Morgan fingerprint density at radius 3 is 2.62 bits per heavy atom. The highest BCUT2D eigenvalue weighted by Crippen LogP contribution is 2.35. The van der Waals surface area contributed by atoms with Crippen molar-refractivity contribution in [2.45, 2.75) is 38.1 Å². The third-order valence-electron chi connectivity index (χ3n) is 3.52. The first-order chi connectivity index (χ1) is 6.27. The third-order valence-corrected chi connectivity index (χ3v) is 3.52. The van der Waals surface area contributed by atoms with Crippen molar-refractivity contribution in [1.29, 1.82) is 0 Å². The molecule has 1 N–H and O–H groups in total. The van der Waals surface area contributed by atoms with Crippen molar-refractivity contribution in [3.8, 4) is 0 Å². The summed E-state index contributed by atoms with van der Waals surface area (Å²) in [5.74, 6) is 0.436. The van der Waals surface area contributed by atoms with Gasteiger partial charge in [-0.25, -0.2) is 0 Å². The molecule has 0 spiro atoms. The minimum absolute atomic E-state index is 0.389. The molecule has 2 aliphatic rings. The summed E-state index contributed by atoms with van der Waals surface area (Å²) < 4.78 is 0. The first kappa shape index (κ1) is 9.00. The van der Waals surface area contributed by atoms with Crippen molar-refractivity contribution in [3.63, 3.8) is 0 Å². The third kappa shape index (κ3) is 1.85. The highest BCUT2D eigenvalue weighted by molar-refractivity contribution is 5.71. The van der Waals surface area contributed by atoms with Gasteiger partial charge < -0.3 is 15.2 Å². The number of carboxylic acid groups (broad SMARTS) is 1. The minimum atomic E-state index is -0.927. The van der Waals surface area contributed by atoms with Crippen LogP contribution in [0.5, 0.6) is 0 Å². The molecule has 13 heavy (non-hydrogen) atoms. The van der Waals surface area contributed by atoms with Crippen LogP contribution in [0.4, 0.5) is 0 Å². The van der Waals surface area contributed by atoms with Crippen molar-refractivity contribution < 1.29 is 9.90 Å². The second-order valence-electron chi connectivity index (χ2n) is 4.32. The Bertz CT molecular complexity index is 205. The van der Waals surface area contributed by atoms with Crippen molar-refractivity contribution in [2.24, 2.45) is 11.8 Å². The molecule has 3 heteroatoms. The van der Waals surface area contributed by atoms with Crippen LogP contribution in [0, 0.1) is 11.8 Å². The van der Waals surface area contributed by atoms with E-state index in [2.05, 4.69) is 5.32 Å². The average Bonchev–Trinajstić information content (AvgIpc) is 2.17. The van der Waals surface area contributed by atoms with Gasteiger partial charge in [0.25, 0.3) is 0 Å². The molecule has 1 heterocycles. The highest BCUT2D eigenvalue weighted by Gasteiger charge is 2.31. The predicted octanol–water partition coefficient (Wildman–Crippen LogP) is -0.0954. The molecule has 0 aromatic heterocycles. The Labute approximate surface area is 78.5 Å². The Hall–Kier alpha value is -0.570. The van der Waals surface area contributed by atoms with Crippen LogP contribution in [0.1, 0.15) is 32.1 Å². The number of aliphatic carboxylic acids is 1. The zero-order valence-corrected chi connectivity index (χ0v) is 7.79. The predicted molar refractivity (Wildman–Crippen MR) is 46.9 cm³/mol. The van der Waals surface area contributed by atoms with Crippen LogP contribution in [-0.2, 0) is 4.79 Å². The summed E-state index contributed by atoms with van der Waals surface area (Å²) in [5, 5.41) is 13.7. The van der Waals surface area contributed by atoms with Gasteiger partial charge in [0.15, 0.2) is 0 Å². The Morgan fingerprint density at radius 1 is 1.23 bits per heavy atom. The summed E-state index contributed by atoms with van der Waals surface area (Å²) in [6, 6.07) is -0.389. The number of carboxylic acids is 1. The van der Waals surface area contributed by atoms with Crippen molar-refractivity contribution in [1.82, 2.24) is 5.32 Å². The van der Waals surface area contributed by atoms with Gasteiger partial charge in [-0.1, -0.05) is 19.3 Å². The molecule has 3 nitrogen and oxygen atoms in total. The number of rotatable bonds is 1. The van der Waals surface area contributed by atoms with E-state index in [4.69, 9.17) is 0 Å². The average molecular weight is 182 g/mol. The smallest absolute Gasteiger partial charge is 0.0584 e. The molecule has 0 amide bonds. The molecule has 74 valence electrons. The molecular weight excluding hydrogens is 166 g/mol. The molecule has 3 unspecified atom stereocenters. The second kappa shape index (κ2) is 3.66. The number of carbonyl (C=O) groups is 1. The maximum atomic E-state index is 10.7. The summed E-state index contributed by atoms with van der Waals surface area (Å²) in [7, 11) is 0. The minimum Gasteiger partial charge on any atom is -0.548 e. The summed E-state index contributed by atoms with van der Waals surface area (Å²) in [5.41, 5.74) is 0. The van der Waals surface area contributed by atoms with Crippen LogP contribution in [0.3, 0.4) is 0 Å². The highest BCUT2D eigenvalue weighted by atomic mass is 16.4. The van der Waals surface area contributed by atoms with E-state index in [0.29, 0.717) is 5.92 Å². The standard InChI is InChI=1S/C10H17NO2/c12-10(13)9-5-7-3-1-2-4-8(7)6-11-9/h7-9,11H,1-6H2,(H,12,13)/p-1. The largest absolute Gasteiger partial charge is 0.548 e. The van der Waals surface area contributed by atoms with Crippen LogP contribution in [0.2, 0.25) is 0 Å². The van der Waals surface area contributed by atoms with Gasteiger partial charge in [-0.2, -0.15) is 0 Å². The van der Waals surface area contributed by atoms with Gasteiger partial charge in [0.2, 0.25) is 0 Å². The van der Waals surface area contributed by atoms with Gasteiger partial charge in [-0.3, -0.25) is 0 Å². The first-order valence-corrected chi connectivity index (χ1v) is 5.21. The quantitative estimate of drug-likeness (QED) is 0.616. The molecule has 1 saturated carbocycles. The molecule has 1 aliphatic heterocycles. The summed E-state index contributed by atoms with van der Waals surface area (Å²) >= 11 is 0. The zero-order chi connectivity index (χ0) is 9.26. The van der Waals surface area contributed by atoms with E-state index in [9.17, 15) is 9.90 Å². The first-order valence-electron chi connectivity index (χ1n) is 5.21. The van der Waals surface area contributed by atoms with E-state index in [1.54, 1.807) is 0 Å². The molecule has 3 atom stereocenters. The Balaban J connectivity index is 1.95. The molecular formula is C10H16NO2-. The van der Waals surface area contributed by atoms with Crippen molar-refractivity contribution in [2.75, 3.05) is 6.54 Å². The number of piperidine rings is 1. The van der Waals surface area contributed by atoms with Crippen LogP contribution in [0.15, 0.2) is 0 Å². The number of nitrogens with one attached hydrogen (secondary N) is 1. The SMILES string of the molecule is O=C([O-])C1CC2CCCCC2CN1. The molecule has 1 saturated heterocycles. The molecule has 0 aromatic carbocycles. The van der Waals surface area contributed by atoms with Crippen molar-refractivity contribution >= 4 is 5.97 Å².